The zero-order valence-electron chi connectivity index (χ0n) is 6.94. The third-order valence-electron chi connectivity index (χ3n) is 1.14. The van der Waals surface area contributed by atoms with Crippen LogP contribution in [-0.4, -0.2) is 35.4 Å². The number of hydrogen-bond acceptors (Lipinski definition) is 4. The molecule has 13 heavy (non-hydrogen) atoms. The van der Waals surface area contributed by atoms with Crippen LogP contribution in [0.2, 0.25) is 0 Å². The fourth-order valence-corrected chi connectivity index (χ4v) is 0.557. The van der Waals surface area contributed by atoms with E-state index < -0.39 is 23.7 Å². The number of carbonyl (C=O) groups is 3. The van der Waals surface area contributed by atoms with Gasteiger partial charge in [-0.3, -0.25) is 9.59 Å². The molecule has 0 aromatic heterocycles. The van der Waals surface area contributed by atoms with E-state index in [1.807, 2.05) is 5.32 Å². The lowest BCUT2D eigenvalue weighted by molar-refractivity contribution is -0.145. The zero-order chi connectivity index (χ0) is 9.72. The van der Waals surface area contributed by atoms with Crippen molar-refractivity contribution >= 4 is 30.1 Å². The third kappa shape index (κ3) is 5.15. The van der Waals surface area contributed by atoms with Gasteiger partial charge in [0.05, 0.1) is 6.54 Å². The van der Waals surface area contributed by atoms with Crippen molar-refractivity contribution in [2.75, 3.05) is 6.54 Å². The molecule has 1 atom stereocenters. The highest BCUT2D eigenvalue weighted by Gasteiger charge is 2.23. The van der Waals surface area contributed by atoms with Gasteiger partial charge in [-0.25, -0.2) is 4.79 Å². The maximum atomic E-state index is 10.6. The number of nitrogens with two attached hydrogens (primary N) is 1. The molecule has 4 N–H and O–H groups in total. The minimum Gasteiger partial charge on any atom is -0.479 e. The molecule has 0 fully saturated rings. The average molecular weight is 211 g/mol. The first-order chi connectivity index (χ1) is 5.49. The molecule has 1 amide bonds. The molecule has 0 aromatic rings. The van der Waals surface area contributed by atoms with Crippen LogP contribution in [0.3, 0.4) is 0 Å². The number of carboxylic acids is 1. The van der Waals surface area contributed by atoms with Gasteiger partial charge < -0.3 is 16.2 Å². The summed E-state index contributed by atoms with van der Waals surface area (Å²) in [5.41, 5.74) is 4.90. The highest BCUT2D eigenvalue weighted by molar-refractivity contribution is 6.04. The molecule has 76 valence electrons. The number of rotatable bonds is 4. The molecule has 0 radical (unpaired) electrons. The molecular formula is C6H11ClN2O4. The molecule has 0 saturated heterocycles. The van der Waals surface area contributed by atoms with E-state index in [4.69, 9.17) is 10.8 Å². The van der Waals surface area contributed by atoms with Crippen molar-refractivity contribution in [3.63, 3.8) is 0 Å². The summed E-state index contributed by atoms with van der Waals surface area (Å²) in [6, 6.07) is -1.49. The van der Waals surface area contributed by atoms with Crippen LogP contribution in [0, 0.1) is 0 Å². The van der Waals surface area contributed by atoms with Crippen LogP contribution in [0.4, 0.5) is 0 Å². The van der Waals surface area contributed by atoms with Crippen LogP contribution >= 0.6 is 12.4 Å². The predicted molar refractivity (Wildman–Crippen MR) is 46.5 cm³/mol. The highest BCUT2D eigenvalue weighted by atomic mass is 35.5. The van der Waals surface area contributed by atoms with Crippen LogP contribution in [-0.2, 0) is 14.4 Å². The number of nitrogens with one attached hydrogen (secondary N) is 1. The Balaban J connectivity index is 0. The van der Waals surface area contributed by atoms with Gasteiger partial charge in [-0.2, -0.15) is 0 Å². The van der Waals surface area contributed by atoms with Crippen LogP contribution in [0.1, 0.15) is 6.92 Å². The second kappa shape index (κ2) is 6.38. The Morgan fingerprint density at radius 2 is 1.92 bits per heavy atom. The maximum Gasteiger partial charge on any atom is 0.334 e. The lowest BCUT2D eigenvalue weighted by Crippen LogP contribution is -2.47. The van der Waals surface area contributed by atoms with Crippen molar-refractivity contribution < 1.29 is 19.5 Å². The van der Waals surface area contributed by atoms with E-state index in [0.29, 0.717) is 0 Å². The summed E-state index contributed by atoms with van der Waals surface area (Å²) >= 11 is 0. The quantitative estimate of drug-likeness (QED) is 0.491. The van der Waals surface area contributed by atoms with Crippen LogP contribution < -0.4 is 11.1 Å². The van der Waals surface area contributed by atoms with Gasteiger partial charge in [-0.05, 0) is 6.92 Å². The lowest BCUT2D eigenvalue weighted by Gasteiger charge is -2.09. The number of carbonyl (C=O) groups excluding carboxylic acids is 2. The van der Waals surface area contributed by atoms with Crippen molar-refractivity contribution in [3.05, 3.63) is 0 Å². The highest BCUT2D eigenvalue weighted by Crippen LogP contribution is 1.85. The topological polar surface area (TPSA) is 109 Å². The second-order valence-electron chi connectivity index (χ2n) is 2.15. The molecule has 0 aliphatic rings. The molecule has 0 aromatic carbocycles. The van der Waals surface area contributed by atoms with E-state index in [1.165, 1.54) is 0 Å². The Hall–Kier alpha value is -1.14. The molecule has 0 saturated carbocycles. The fraction of sp³-hybridized carbons (Fsp3) is 0.500. The molecule has 0 spiro atoms. The summed E-state index contributed by atoms with van der Waals surface area (Å²) in [5.74, 6) is -2.69. The molecule has 0 heterocycles. The number of aliphatic carboxylic acids is 1. The molecule has 0 rings (SSSR count). The first kappa shape index (κ1) is 14.4. The summed E-state index contributed by atoms with van der Waals surface area (Å²) < 4.78 is 0. The number of Topliss-reactive ketones (excluding diaryl/α,β-unsaturated/α-hetero) is 1. The number of carboxylic acid groups (broad SMARTS) is 1. The van der Waals surface area contributed by atoms with Crippen molar-refractivity contribution in [1.82, 2.24) is 5.32 Å². The fourth-order valence-electron chi connectivity index (χ4n) is 0.557. The summed E-state index contributed by atoms with van der Waals surface area (Å²) in [5, 5.41) is 10.4. The van der Waals surface area contributed by atoms with Crippen LogP contribution in [0.25, 0.3) is 0 Å². The number of amides is 1. The Morgan fingerprint density at radius 3 is 2.15 bits per heavy atom. The first-order valence-corrected chi connectivity index (χ1v) is 3.21. The van der Waals surface area contributed by atoms with Gasteiger partial charge in [-0.15, -0.1) is 12.4 Å². The van der Waals surface area contributed by atoms with Crippen molar-refractivity contribution in [1.29, 1.82) is 0 Å². The molecular weight excluding hydrogens is 200 g/mol. The predicted octanol–water partition coefficient (Wildman–Crippen LogP) is -1.47. The van der Waals surface area contributed by atoms with E-state index in [-0.39, 0.29) is 19.0 Å². The molecule has 1 unspecified atom stereocenters. The molecule has 0 aliphatic heterocycles. The summed E-state index contributed by atoms with van der Waals surface area (Å²) in [6.07, 6.45) is 0. The van der Waals surface area contributed by atoms with E-state index in [1.54, 1.807) is 0 Å². The third-order valence-corrected chi connectivity index (χ3v) is 1.14. The van der Waals surface area contributed by atoms with E-state index in [2.05, 4.69) is 0 Å². The summed E-state index contributed by atoms with van der Waals surface area (Å²) in [6.45, 7) is 0.743. The largest absolute Gasteiger partial charge is 0.479 e. The van der Waals surface area contributed by atoms with Gasteiger partial charge >= 0.3 is 5.97 Å². The van der Waals surface area contributed by atoms with Gasteiger partial charge in [0.15, 0.2) is 11.8 Å². The van der Waals surface area contributed by atoms with Gasteiger partial charge in [0, 0.05) is 0 Å². The standard InChI is InChI=1S/C6H10N2O4.ClH/c1-3(9)5(6(11)12)8-4(10)2-7;/h5H,2,7H2,1H3,(H,8,10)(H,11,12);1H. The number of hydrogen-bond donors (Lipinski definition) is 3. The smallest absolute Gasteiger partial charge is 0.334 e. The number of halogens is 1. The van der Waals surface area contributed by atoms with Crippen molar-refractivity contribution in [3.8, 4) is 0 Å². The van der Waals surface area contributed by atoms with Gasteiger partial charge in [0.1, 0.15) is 0 Å². The maximum absolute atomic E-state index is 10.6. The Morgan fingerprint density at radius 1 is 1.46 bits per heavy atom. The minimum atomic E-state index is -1.49. The van der Waals surface area contributed by atoms with Crippen LogP contribution in [0.15, 0.2) is 0 Å². The van der Waals surface area contributed by atoms with Gasteiger partial charge in [-0.1, -0.05) is 0 Å². The summed E-state index contributed by atoms with van der Waals surface area (Å²) in [7, 11) is 0. The Bertz CT molecular complexity index is 205. The van der Waals surface area contributed by atoms with Crippen molar-refractivity contribution in [2.45, 2.75) is 13.0 Å². The second-order valence-corrected chi connectivity index (χ2v) is 2.15. The van der Waals surface area contributed by atoms with Gasteiger partial charge in [0.25, 0.3) is 0 Å². The zero-order valence-corrected chi connectivity index (χ0v) is 7.76. The van der Waals surface area contributed by atoms with Gasteiger partial charge in [0.2, 0.25) is 5.91 Å². The minimum absolute atomic E-state index is 0. The van der Waals surface area contributed by atoms with E-state index in [9.17, 15) is 14.4 Å². The Kier molecular flexibility index (Phi) is 7.07. The normalized spacial score (nSPS) is 10.9. The van der Waals surface area contributed by atoms with Crippen LogP contribution in [0.5, 0.6) is 0 Å². The van der Waals surface area contributed by atoms with E-state index in [0.717, 1.165) is 6.92 Å². The summed E-state index contributed by atoms with van der Waals surface area (Å²) in [4.78, 5) is 31.5. The SMILES string of the molecule is CC(=O)C(NC(=O)CN)C(=O)O.Cl. The first-order valence-electron chi connectivity index (χ1n) is 3.21. The monoisotopic (exact) mass is 210 g/mol. The Labute approximate surface area is 80.9 Å². The van der Waals surface area contributed by atoms with E-state index >= 15 is 0 Å². The average Bonchev–Trinajstić information content (AvgIpc) is 1.98. The van der Waals surface area contributed by atoms with Crippen molar-refractivity contribution in [2.24, 2.45) is 5.73 Å². The molecule has 0 aliphatic carbocycles. The number of ketones is 1. The molecule has 0 bridgehead atoms. The lowest BCUT2D eigenvalue weighted by atomic mass is 10.2. The molecule has 6 nitrogen and oxygen atoms in total. The molecule has 7 heteroatoms.